The largest absolute Gasteiger partial charge is 0.309 e. The zero-order valence-electron chi connectivity index (χ0n) is 8.14. The lowest BCUT2D eigenvalue weighted by Gasteiger charge is -2.19. The predicted molar refractivity (Wildman–Crippen MR) is 78.2 cm³/mol. The first-order chi connectivity index (χ1) is 7.74. The zero-order chi connectivity index (χ0) is 11.4. The van der Waals surface area contributed by atoms with E-state index in [2.05, 4.69) is 53.4 Å². The first-order valence-corrected chi connectivity index (χ1v) is 8.19. The lowest BCUT2D eigenvalue weighted by molar-refractivity contribution is 0.693. The Kier molecular flexibility index (Phi) is 4.81. The van der Waals surface area contributed by atoms with E-state index in [-0.39, 0.29) is 0 Å². The van der Waals surface area contributed by atoms with Gasteiger partial charge in [0.25, 0.3) is 0 Å². The number of halogens is 2. The van der Waals surface area contributed by atoms with Crippen LogP contribution in [0.1, 0.15) is 0 Å². The molecule has 1 aliphatic rings. The molecule has 0 atom stereocenters. The summed E-state index contributed by atoms with van der Waals surface area (Å²) in [5, 5.41) is 1.01. The molecule has 0 bridgehead atoms. The molecule has 0 radical (unpaired) electrons. The third-order valence-electron chi connectivity index (χ3n) is 1.75. The fourth-order valence-electron chi connectivity index (χ4n) is 1.05. The Balaban J connectivity index is 1.86. The maximum Gasteiger partial charge on any atom is 0.108 e. The quantitative estimate of drug-likeness (QED) is 0.562. The Morgan fingerprint density at radius 1 is 1.31 bits per heavy atom. The Hall–Kier alpha value is 0.0900. The van der Waals surface area contributed by atoms with Crippen LogP contribution in [-0.4, -0.2) is 15.8 Å². The molecule has 0 unspecified atom stereocenters. The Morgan fingerprint density at radius 3 is 2.88 bits per heavy atom. The second-order valence-electron chi connectivity index (χ2n) is 3.00. The molecule has 1 aliphatic heterocycles. The fraction of sp³-hybridized carbons (Fsp3) is 0.100. The van der Waals surface area contributed by atoms with E-state index in [9.17, 15) is 0 Å². The van der Waals surface area contributed by atoms with E-state index in [4.69, 9.17) is 0 Å². The van der Waals surface area contributed by atoms with Gasteiger partial charge in [-0.2, -0.15) is 0 Å². The van der Waals surface area contributed by atoms with Crippen molar-refractivity contribution in [1.29, 1.82) is 0 Å². The molecule has 0 fully saturated rings. The van der Waals surface area contributed by atoms with Crippen molar-refractivity contribution in [3.63, 3.8) is 0 Å². The van der Waals surface area contributed by atoms with Gasteiger partial charge < -0.3 is 4.31 Å². The molecule has 2 rings (SSSR count). The van der Waals surface area contributed by atoms with E-state index < -0.39 is 0 Å². The van der Waals surface area contributed by atoms with E-state index in [1.54, 1.807) is 21.8 Å². The van der Waals surface area contributed by atoms with Crippen molar-refractivity contribution in [3.05, 3.63) is 45.6 Å². The summed E-state index contributed by atoms with van der Waals surface area (Å²) in [6, 6.07) is 4.00. The Bertz CT molecular complexity index is 417. The zero-order valence-corrected chi connectivity index (χ0v) is 12.9. The molecule has 0 saturated carbocycles. The number of nitrogens with zero attached hydrogens (tertiary/aromatic N) is 2. The average molecular weight is 380 g/mol. The monoisotopic (exact) mass is 378 g/mol. The van der Waals surface area contributed by atoms with Gasteiger partial charge in [-0.05, 0) is 51.0 Å². The Morgan fingerprint density at radius 2 is 2.19 bits per heavy atom. The van der Waals surface area contributed by atoms with Crippen LogP contribution in [0.25, 0.3) is 0 Å². The first kappa shape index (κ1) is 12.5. The highest BCUT2D eigenvalue weighted by atomic mass is 79.9. The summed E-state index contributed by atoms with van der Waals surface area (Å²) in [5.74, 6) is 0. The molecule has 0 amide bonds. The van der Waals surface area contributed by atoms with E-state index in [0.29, 0.717) is 0 Å². The molecule has 2 heterocycles. The molecule has 2 nitrogen and oxygen atoms in total. The van der Waals surface area contributed by atoms with Crippen LogP contribution in [0.2, 0.25) is 0 Å². The third-order valence-corrected chi connectivity index (χ3v) is 4.98. The maximum atomic E-state index is 4.30. The average Bonchev–Trinajstić information content (AvgIpc) is 2.28. The second kappa shape index (κ2) is 6.14. The summed E-state index contributed by atoms with van der Waals surface area (Å²) in [7, 11) is 3.32. The van der Waals surface area contributed by atoms with E-state index in [1.807, 2.05) is 24.4 Å². The highest BCUT2D eigenvalue weighted by molar-refractivity contribution is 9.11. The predicted octanol–water partition coefficient (Wildman–Crippen LogP) is 4.61. The highest BCUT2D eigenvalue weighted by Crippen LogP contribution is 2.35. The minimum absolute atomic E-state index is 0.894. The van der Waals surface area contributed by atoms with E-state index in [1.165, 1.54) is 4.48 Å². The van der Waals surface area contributed by atoms with Crippen molar-refractivity contribution >= 4 is 53.6 Å². The highest BCUT2D eigenvalue weighted by Gasteiger charge is 2.07. The van der Waals surface area contributed by atoms with Gasteiger partial charge in [-0.3, -0.25) is 0 Å². The van der Waals surface area contributed by atoms with Gasteiger partial charge in [0, 0.05) is 32.3 Å². The van der Waals surface area contributed by atoms with Gasteiger partial charge in [0.05, 0.1) is 6.54 Å². The number of rotatable bonds is 3. The summed E-state index contributed by atoms with van der Waals surface area (Å²) >= 11 is 6.86. The molecule has 0 saturated heterocycles. The van der Waals surface area contributed by atoms with E-state index >= 15 is 0 Å². The van der Waals surface area contributed by atoms with Gasteiger partial charge in [0.2, 0.25) is 0 Å². The van der Waals surface area contributed by atoms with Crippen LogP contribution in [0.5, 0.6) is 0 Å². The van der Waals surface area contributed by atoms with Crippen LogP contribution in [0.15, 0.2) is 50.7 Å². The minimum Gasteiger partial charge on any atom is -0.309 e. The van der Waals surface area contributed by atoms with Crippen molar-refractivity contribution in [2.45, 2.75) is 5.03 Å². The van der Waals surface area contributed by atoms with Gasteiger partial charge in [-0.25, -0.2) is 4.98 Å². The minimum atomic E-state index is 0.894. The molecular formula is C10H8Br2N2S2. The van der Waals surface area contributed by atoms with Crippen molar-refractivity contribution < 1.29 is 0 Å². The van der Waals surface area contributed by atoms with Gasteiger partial charge in [-0.15, -0.1) is 0 Å². The molecule has 1 aromatic rings. The van der Waals surface area contributed by atoms with Crippen molar-refractivity contribution in [2.75, 3.05) is 6.54 Å². The van der Waals surface area contributed by atoms with Gasteiger partial charge in [0.15, 0.2) is 0 Å². The van der Waals surface area contributed by atoms with Crippen molar-refractivity contribution in [1.82, 2.24) is 9.29 Å². The van der Waals surface area contributed by atoms with Crippen LogP contribution in [-0.2, 0) is 0 Å². The molecule has 0 aromatic carbocycles. The van der Waals surface area contributed by atoms with Gasteiger partial charge >= 0.3 is 0 Å². The number of aromatic nitrogens is 1. The summed E-state index contributed by atoms with van der Waals surface area (Å²) in [5.41, 5.74) is 0. The lowest BCUT2D eigenvalue weighted by atomic mass is 10.4. The second-order valence-corrected chi connectivity index (χ2v) is 7.09. The SMILES string of the molecule is BrC1=CC=CN(SSc2ccc(Br)cn2)C1. The number of hydrogen-bond donors (Lipinski definition) is 0. The molecule has 0 spiro atoms. The standard InChI is InChI=1S/C10H8Br2N2S2/c11-8-3-4-10(13-6-8)15-16-14-5-1-2-9(12)7-14/h1-6H,7H2. The van der Waals surface area contributed by atoms with Crippen LogP contribution >= 0.6 is 53.6 Å². The van der Waals surface area contributed by atoms with Crippen molar-refractivity contribution in [2.24, 2.45) is 0 Å². The van der Waals surface area contributed by atoms with Crippen LogP contribution in [0.3, 0.4) is 0 Å². The van der Waals surface area contributed by atoms with Crippen LogP contribution in [0, 0.1) is 0 Å². The first-order valence-electron chi connectivity index (χ1n) is 4.50. The fourth-order valence-corrected chi connectivity index (χ4v) is 3.69. The van der Waals surface area contributed by atoms with E-state index in [0.717, 1.165) is 16.0 Å². The molecule has 0 N–H and O–H groups in total. The van der Waals surface area contributed by atoms with Gasteiger partial charge in [0.1, 0.15) is 5.03 Å². The summed E-state index contributed by atoms with van der Waals surface area (Å²) < 4.78 is 4.34. The molecule has 1 aromatic heterocycles. The molecule has 16 heavy (non-hydrogen) atoms. The number of hydrogen-bond acceptors (Lipinski definition) is 4. The molecule has 84 valence electrons. The molecule has 6 heteroatoms. The van der Waals surface area contributed by atoms with Crippen LogP contribution in [0.4, 0.5) is 0 Å². The lowest BCUT2D eigenvalue weighted by Crippen LogP contribution is -2.10. The molecule has 0 aliphatic carbocycles. The number of allylic oxidation sites excluding steroid dienone is 2. The third kappa shape index (κ3) is 3.84. The topological polar surface area (TPSA) is 16.1 Å². The number of pyridine rings is 1. The smallest absolute Gasteiger partial charge is 0.108 e. The summed E-state index contributed by atoms with van der Waals surface area (Å²) in [6.45, 7) is 0.894. The van der Waals surface area contributed by atoms with Crippen molar-refractivity contribution in [3.8, 4) is 0 Å². The summed E-state index contributed by atoms with van der Waals surface area (Å²) in [4.78, 5) is 4.30. The normalized spacial score (nSPS) is 15.1. The van der Waals surface area contributed by atoms with Crippen LogP contribution < -0.4 is 0 Å². The summed E-state index contributed by atoms with van der Waals surface area (Å²) in [6.07, 6.45) is 7.95. The maximum absolute atomic E-state index is 4.30. The van der Waals surface area contributed by atoms with Gasteiger partial charge in [-0.1, -0.05) is 15.9 Å². The Labute approximate surface area is 119 Å². The molecular weight excluding hydrogens is 372 g/mol.